The molecule has 0 fully saturated rings. The lowest BCUT2D eigenvalue weighted by atomic mass is 9.99. The Hall–Kier alpha value is -5.61. The van der Waals surface area contributed by atoms with Crippen LogP contribution in [0.25, 0.3) is 71.9 Å². The third kappa shape index (κ3) is 3.81. The van der Waals surface area contributed by atoms with Crippen LogP contribution in [0.3, 0.4) is 0 Å². The molecule has 0 atom stereocenters. The lowest BCUT2D eigenvalue weighted by molar-refractivity contribution is 1.00. The summed E-state index contributed by atoms with van der Waals surface area (Å²) in [5, 5.41) is 3.14. The zero-order valence-electron chi connectivity index (χ0n) is 25.0. The highest BCUT2D eigenvalue weighted by atomic mass is 16.1. The van der Waals surface area contributed by atoms with E-state index in [4.69, 9.17) is 0 Å². The van der Waals surface area contributed by atoms with Gasteiger partial charge in [-0.1, -0.05) is 84.9 Å². The smallest absolute Gasteiger partial charge is 0.266 e. The summed E-state index contributed by atoms with van der Waals surface area (Å²) in [6.07, 6.45) is 4.34. The average Bonchev–Trinajstić information content (AvgIpc) is 3.61. The summed E-state index contributed by atoms with van der Waals surface area (Å²) >= 11 is 0. The quantitative estimate of drug-likeness (QED) is 0.208. The largest absolute Gasteiger partial charge is 0.344 e. The first-order valence-corrected chi connectivity index (χ1v) is 15.0. The second-order valence-electron chi connectivity index (χ2n) is 11.5. The van der Waals surface area contributed by atoms with Crippen LogP contribution in [0.4, 0.5) is 0 Å². The molecule has 0 amide bonds. The van der Waals surface area contributed by atoms with Crippen molar-refractivity contribution in [2.24, 2.45) is 7.05 Å². The van der Waals surface area contributed by atoms with Crippen molar-refractivity contribution in [2.45, 2.75) is 13.8 Å². The molecule has 44 heavy (non-hydrogen) atoms. The number of nitrogens with zero attached hydrogens (tertiary/aromatic N) is 3. The Bertz CT molecular complexity index is 2470. The van der Waals surface area contributed by atoms with Gasteiger partial charge in [-0.3, -0.25) is 9.36 Å². The number of aromatic nitrogens is 3. The molecule has 0 aliphatic carbocycles. The third-order valence-electron chi connectivity index (χ3n) is 9.06. The zero-order valence-corrected chi connectivity index (χ0v) is 25.0. The lowest BCUT2D eigenvalue weighted by Crippen LogP contribution is -2.21. The molecule has 0 spiro atoms. The lowest BCUT2D eigenvalue weighted by Gasteiger charge is -2.15. The van der Waals surface area contributed by atoms with E-state index in [1.807, 2.05) is 47.0 Å². The number of para-hydroxylation sites is 2. The molecule has 0 N–H and O–H groups in total. The second kappa shape index (κ2) is 9.99. The topological polar surface area (TPSA) is 31.3 Å². The number of allylic oxidation sites excluding steroid dienone is 2. The summed E-state index contributed by atoms with van der Waals surface area (Å²) in [6.45, 7) is 4.20. The van der Waals surface area contributed by atoms with Crippen molar-refractivity contribution < 1.29 is 0 Å². The fourth-order valence-corrected chi connectivity index (χ4v) is 6.71. The number of fused-ring (bicyclic) bond motifs is 6. The van der Waals surface area contributed by atoms with E-state index in [1.54, 1.807) is 0 Å². The van der Waals surface area contributed by atoms with Gasteiger partial charge in [0.25, 0.3) is 5.56 Å². The molecule has 0 aliphatic heterocycles. The Morgan fingerprint density at radius 2 is 1.30 bits per heavy atom. The van der Waals surface area contributed by atoms with Crippen molar-refractivity contribution in [2.75, 3.05) is 0 Å². The average molecular weight is 570 g/mol. The molecule has 0 saturated carbocycles. The van der Waals surface area contributed by atoms with E-state index in [9.17, 15) is 4.79 Å². The Morgan fingerprint density at radius 3 is 2.07 bits per heavy atom. The predicted octanol–water partition coefficient (Wildman–Crippen LogP) is 9.65. The summed E-state index contributed by atoms with van der Waals surface area (Å²) < 4.78 is 6.34. The Balaban J connectivity index is 1.48. The normalized spacial score (nSPS) is 12.2. The van der Waals surface area contributed by atoms with E-state index in [0.29, 0.717) is 5.39 Å². The minimum Gasteiger partial charge on any atom is -0.344 e. The molecule has 0 saturated heterocycles. The molecule has 0 unspecified atom stereocenters. The zero-order chi connectivity index (χ0) is 29.9. The van der Waals surface area contributed by atoms with Crippen LogP contribution in [-0.4, -0.2) is 13.5 Å². The van der Waals surface area contributed by atoms with Gasteiger partial charge in [-0.15, -0.1) is 0 Å². The van der Waals surface area contributed by atoms with Crippen molar-refractivity contribution in [3.05, 3.63) is 150 Å². The predicted molar refractivity (Wildman–Crippen MR) is 185 cm³/mol. The van der Waals surface area contributed by atoms with Crippen LogP contribution in [0.2, 0.25) is 0 Å². The van der Waals surface area contributed by atoms with Crippen molar-refractivity contribution in [3.8, 4) is 27.9 Å². The Labute approximate surface area is 255 Å². The maximum Gasteiger partial charge on any atom is 0.266 e. The van der Waals surface area contributed by atoms with Gasteiger partial charge in [-0.25, -0.2) is 0 Å². The molecule has 3 aromatic heterocycles. The van der Waals surface area contributed by atoms with Crippen molar-refractivity contribution >= 4 is 43.9 Å². The van der Waals surface area contributed by atoms with Gasteiger partial charge in [0.05, 0.1) is 16.6 Å². The first-order valence-electron chi connectivity index (χ1n) is 15.0. The molecule has 0 radical (unpaired) electrons. The van der Waals surface area contributed by atoms with E-state index in [-0.39, 0.29) is 5.56 Å². The van der Waals surface area contributed by atoms with Crippen LogP contribution in [0.15, 0.2) is 138 Å². The maximum atomic E-state index is 14.5. The van der Waals surface area contributed by atoms with Gasteiger partial charge >= 0.3 is 0 Å². The second-order valence-corrected chi connectivity index (χ2v) is 11.5. The molecule has 0 aliphatic rings. The first-order chi connectivity index (χ1) is 21.5. The fourth-order valence-electron chi connectivity index (χ4n) is 6.71. The van der Waals surface area contributed by atoms with Crippen LogP contribution >= 0.6 is 0 Å². The highest BCUT2D eigenvalue weighted by molar-refractivity contribution is 6.09. The Morgan fingerprint density at radius 1 is 0.636 bits per heavy atom. The van der Waals surface area contributed by atoms with E-state index >= 15 is 0 Å². The molecule has 5 aromatic carbocycles. The van der Waals surface area contributed by atoms with Gasteiger partial charge in [0.15, 0.2) is 0 Å². The highest BCUT2D eigenvalue weighted by Crippen LogP contribution is 2.38. The van der Waals surface area contributed by atoms with E-state index < -0.39 is 0 Å². The molecule has 8 rings (SSSR count). The number of hydrogen-bond donors (Lipinski definition) is 0. The number of hydrogen-bond acceptors (Lipinski definition) is 1. The first kappa shape index (κ1) is 26.1. The van der Waals surface area contributed by atoms with Gasteiger partial charge in [-0.2, -0.15) is 0 Å². The van der Waals surface area contributed by atoms with Crippen LogP contribution in [0.5, 0.6) is 0 Å². The van der Waals surface area contributed by atoms with E-state index in [0.717, 1.165) is 50.2 Å². The third-order valence-corrected chi connectivity index (χ3v) is 9.06. The van der Waals surface area contributed by atoms with Crippen LogP contribution in [0, 0.1) is 0 Å². The van der Waals surface area contributed by atoms with Crippen molar-refractivity contribution in [1.82, 2.24) is 13.5 Å². The van der Waals surface area contributed by atoms with Crippen LogP contribution in [-0.2, 0) is 7.05 Å². The van der Waals surface area contributed by atoms with Gasteiger partial charge in [-0.05, 0) is 78.6 Å². The van der Waals surface area contributed by atoms with Crippen molar-refractivity contribution in [3.63, 3.8) is 0 Å². The summed E-state index contributed by atoms with van der Waals surface area (Å²) in [4.78, 5) is 14.5. The molecule has 4 nitrogen and oxygen atoms in total. The highest BCUT2D eigenvalue weighted by Gasteiger charge is 2.22. The van der Waals surface area contributed by atoms with Gasteiger partial charge in [0.1, 0.15) is 5.65 Å². The van der Waals surface area contributed by atoms with E-state index in [1.165, 1.54) is 21.8 Å². The van der Waals surface area contributed by atoms with Crippen LogP contribution in [0.1, 0.15) is 19.4 Å². The minimum atomic E-state index is -0.0327. The van der Waals surface area contributed by atoms with Gasteiger partial charge < -0.3 is 8.97 Å². The number of aryl methyl sites for hydroxylation is 1. The minimum absolute atomic E-state index is 0.0327. The molecule has 212 valence electrons. The van der Waals surface area contributed by atoms with Crippen LogP contribution < -0.4 is 5.56 Å². The summed E-state index contributed by atoms with van der Waals surface area (Å²) in [5.74, 6) is 0. The summed E-state index contributed by atoms with van der Waals surface area (Å²) in [7, 11) is 2.12. The molecule has 4 heteroatoms. The molecular weight excluding hydrogens is 538 g/mol. The SMILES string of the molecule is C/C=C(\C)c1cn2c3cc(-c4ccc5c(c4)c4ccccc4n5C)ccc3c(=O)n(-c3ccccc3)c2c1-c1ccccc1. The standard InChI is InChI=1S/C40H31N3O/c1-4-26(2)34-25-42-37-24-29(28-20-22-36-33(23-28)31-17-11-12-18-35(31)41(36)3)19-21-32(37)40(44)43(30-15-9-6-10-16-30)39(42)38(34)27-13-7-5-8-14-27/h4-25H,1-3H3/b26-4+. The number of benzene rings is 5. The van der Waals surface area contributed by atoms with Gasteiger partial charge in [0, 0.05) is 46.2 Å². The van der Waals surface area contributed by atoms with E-state index in [2.05, 4.69) is 121 Å². The maximum absolute atomic E-state index is 14.5. The molecular formula is C40H31N3O. The molecule has 0 bridgehead atoms. The molecule has 8 aromatic rings. The Kier molecular flexibility index (Phi) is 5.92. The fraction of sp³-hybridized carbons (Fsp3) is 0.0750. The molecule has 3 heterocycles. The summed E-state index contributed by atoms with van der Waals surface area (Å²) in [6, 6.07) is 41.8. The number of rotatable bonds is 4. The monoisotopic (exact) mass is 569 g/mol. The summed E-state index contributed by atoms with van der Waals surface area (Å²) in [5.41, 5.74) is 11.6. The van der Waals surface area contributed by atoms with Crippen molar-refractivity contribution in [1.29, 1.82) is 0 Å². The van der Waals surface area contributed by atoms with Gasteiger partial charge in [0.2, 0.25) is 0 Å².